The smallest absolute Gasteiger partial charge is 0.221 e. The van der Waals surface area contributed by atoms with Crippen LogP contribution in [0.15, 0.2) is 53.4 Å². The van der Waals surface area contributed by atoms with Gasteiger partial charge in [-0.25, -0.2) is 8.42 Å². The summed E-state index contributed by atoms with van der Waals surface area (Å²) in [6.45, 7) is 2.34. The van der Waals surface area contributed by atoms with Crippen molar-refractivity contribution in [1.29, 1.82) is 0 Å². The van der Waals surface area contributed by atoms with Crippen molar-refractivity contribution < 1.29 is 13.2 Å². The molecule has 6 heteroatoms. The van der Waals surface area contributed by atoms with Crippen molar-refractivity contribution in [2.75, 3.05) is 12.3 Å². The quantitative estimate of drug-likeness (QED) is 0.819. The molecule has 0 bridgehead atoms. The summed E-state index contributed by atoms with van der Waals surface area (Å²) >= 11 is 5.90. The maximum Gasteiger partial charge on any atom is 0.221 e. The van der Waals surface area contributed by atoms with Crippen LogP contribution in [0.5, 0.6) is 0 Å². The number of carbonyl (C=O) groups excluding carboxylic acids is 1. The highest BCUT2D eigenvalue weighted by molar-refractivity contribution is 7.91. The van der Waals surface area contributed by atoms with Gasteiger partial charge >= 0.3 is 0 Å². The molecule has 0 radical (unpaired) electrons. The van der Waals surface area contributed by atoms with Crippen LogP contribution in [-0.4, -0.2) is 26.6 Å². The lowest BCUT2D eigenvalue weighted by atomic mass is 10.1. The van der Waals surface area contributed by atoms with Crippen molar-refractivity contribution in [3.63, 3.8) is 0 Å². The van der Waals surface area contributed by atoms with Crippen LogP contribution in [0.2, 0.25) is 5.02 Å². The van der Waals surface area contributed by atoms with Crippen molar-refractivity contribution in [3.05, 3.63) is 64.7 Å². The monoisotopic (exact) mass is 365 g/mol. The molecule has 0 atom stereocenters. The minimum atomic E-state index is -3.43. The molecule has 0 saturated carbocycles. The Hall–Kier alpha value is -1.85. The molecule has 0 saturated heterocycles. The lowest BCUT2D eigenvalue weighted by Crippen LogP contribution is -2.27. The molecule has 1 N–H and O–H groups in total. The highest BCUT2D eigenvalue weighted by atomic mass is 35.5. The fourth-order valence-electron chi connectivity index (χ4n) is 2.22. The van der Waals surface area contributed by atoms with Gasteiger partial charge in [0.15, 0.2) is 9.84 Å². The van der Waals surface area contributed by atoms with E-state index in [1.54, 1.807) is 30.3 Å². The molecule has 0 spiro atoms. The van der Waals surface area contributed by atoms with Crippen LogP contribution in [0.3, 0.4) is 0 Å². The molecule has 0 aliphatic carbocycles. The number of sulfone groups is 1. The number of aryl methyl sites for hydroxylation is 1. The van der Waals surface area contributed by atoms with Gasteiger partial charge in [0.05, 0.1) is 10.6 Å². The van der Waals surface area contributed by atoms with E-state index in [1.165, 1.54) is 0 Å². The second kappa shape index (κ2) is 8.31. The van der Waals surface area contributed by atoms with E-state index in [2.05, 4.69) is 5.32 Å². The summed E-state index contributed by atoms with van der Waals surface area (Å²) in [4.78, 5) is 12.1. The van der Waals surface area contributed by atoms with Crippen molar-refractivity contribution >= 4 is 27.3 Å². The Kier molecular flexibility index (Phi) is 6.40. The van der Waals surface area contributed by atoms with Crippen LogP contribution >= 0.6 is 11.6 Å². The average Bonchev–Trinajstić information content (AvgIpc) is 2.54. The van der Waals surface area contributed by atoms with E-state index >= 15 is 0 Å². The molecule has 0 aliphatic heterocycles. The average molecular weight is 366 g/mol. The van der Waals surface area contributed by atoms with Crippen LogP contribution in [-0.2, 0) is 21.1 Å². The van der Waals surface area contributed by atoms with Gasteiger partial charge in [0.25, 0.3) is 0 Å². The zero-order valence-corrected chi connectivity index (χ0v) is 15.0. The second-order valence-corrected chi connectivity index (χ2v) is 8.16. The van der Waals surface area contributed by atoms with Gasteiger partial charge in [-0.1, -0.05) is 41.4 Å². The van der Waals surface area contributed by atoms with Gasteiger partial charge in [0.1, 0.15) is 0 Å². The number of hydrogen-bond acceptors (Lipinski definition) is 3. The number of nitrogens with one attached hydrogen (secondary N) is 1. The van der Waals surface area contributed by atoms with Crippen molar-refractivity contribution in [1.82, 2.24) is 5.32 Å². The summed E-state index contributed by atoms with van der Waals surface area (Å²) in [5.41, 5.74) is 2.02. The highest BCUT2D eigenvalue weighted by Crippen LogP contribution is 2.13. The first kappa shape index (κ1) is 18.5. The number of hydrogen-bond donors (Lipinski definition) is 1. The lowest BCUT2D eigenvalue weighted by molar-refractivity contribution is -0.120. The third-order valence-corrected chi connectivity index (χ3v) is 5.57. The van der Waals surface area contributed by atoms with E-state index in [0.717, 1.165) is 11.1 Å². The van der Waals surface area contributed by atoms with Crippen LogP contribution in [0.1, 0.15) is 17.5 Å². The Morgan fingerprint density at radius 2 is 1.83 bits per heavy atom. The topological polar surface area (TPSA) is 63.2 Å². The molecule has 4 nitrogen and oxygen atoms in total. The summed E-state index contributed by atoms with van der Waals surface area (Å²) in [6, 6.07) is 14.1. The Bertz CT molecular complexity index is 801. The van der Waals surface area contributed by atoms with Gasteiger partial charge in [-0.05, 0) is 43.2 Å². The number of amides is 1. The molecule has 0 fully saturated rings. The van der Waals surface area contributed by atoms with E-state index in [4.69, 9.17) is 11.6 Å². The zero-order chi connectivity index (χ0) is 17.6. The molecule has 1 amide bonds. The van der Waals surface area contributed by atoms with E-state index in [0.29, 0.717) is 18.0 Å². The molecule has 128 valence electrons. The molecule has 0 aromatic heterocycles. The van der Waals surface area contributed by atoms with Crippen LogP contribution < -0.4 is 5.32 Å². The summed E-state index contributed by atoms with van der Waals surface area (Å²) < 4.78 is 24.4. The van der Waals surface area contributed by atoms with Gasteiger partial charge in [0, 0.05) is 18.0 Å². The Balaban J connectivity index is 1.79. The predicted octanol–water partition coefficient (Wildman–Crippen LogP) is 3.17. The molecule has 2 aromatic carbocycles. The molecule has 0 aliphatic rings. The fourth-order valence-corrected chi connectivity index (χ4v) is 3.67. The largest absolute Gasteiger partial charge is 0.356 e. The molecular formula is C18H20ClNO3S. The standard InChI is InChI=1S/C18H20ClNO3S/c1-14-5-7-17(8-6-14)24(22,23)12-10-18(21)20-11-9-15-3-2-4-16(19)13-15/h2-8,13H,9-12H2,1H3,(H,20,21). The summed E-state index contributed by atoms with van der Waals surface area (Å²) in [5, 5.41) is 3.39. The molecule has 24 heavy (non-hydrogen) atoms. The van der Waals surface area contributed by atoms with E-state index < -0.39 is 9.84 Å². The van der Waals surface area contributed by atoms with Gasteiger partial charge in [-0.3, -0.25) is 4.79 Å². The predicted molar refractivity (Wildman–Crippen MR) is 96.0 cm³/mol. The second-order valence-electron chi connectivity index (χ2n) is 5.61. The minimum Gasteiger partial charge on any atom is -0.356 e. The third-order valence-electron chi connectivity index (χ3n) is 3.60. The normalized spacial score (nSPS) is 11.2. The lowest BCUT2D eigenvalue weighted by Gasteiger charge is -2.07. The molecule has 0 unspecified atom stereocenters. The number of halogens is 1. The third kappa shape index (κ3) is 5.65. The molecular weight excluding hydrogens is 346 g/mol. The summed E-state index contributed by atoms with van der Waals surface area (Å²) in [6.07, 6.45) is 0.600. The number of rotatable bonds is 7. The Morgan fingerprint density at radius 3 is 2.50 bits per heavy atom. The summed E-state index contributed by atoms with van der Waals surface area (Å²) in [7, 11) is -3.43. The van der Waals surface area contributed by atoms with Crippen molar-refractivity contribution in [3.8, 4) is 0 Å². The number of carbonyl (C=O) groups is 1. The van der Waals surface area contributed by atoms with E-state index in [1.807, 2.05) is 25.1 Å². The maximum absolute atomic E-state index is 12.2. The van der Waals surface area contributed by atoms with Gasteiger partial charge < -0.3 is 5.32 Å². The Labute approximate surface area is 147 Å². The van der Waals surface area contributed by atoms with Crippen molar-refractivity contribution in [2.45, 2.75) is 24.7 Å². The molecule has 2 aromatic rings. The first-order valence-electron chi connectivity index (χ1n) is 7.67. The maximum atomic E-state index is 12.2. The highest BCUT2D eigenvalue weighted by Gasteiger charge is 2.16. The van der Waals surface area contributed by atoms with E-state index in [-0.39, 0.29) is 23.0 Å². The van der Waals surface area contributed by atoms with Gasteiger partial charge in [-0.15, -0.1) is 0 Å². The van der Waals surface area contributed by atoms with Crippen LogP contribution in [0, 0.1) is 6.92 Å². The fraction of sp³-hybridized carbons (Fsp3) is 0.278. The van der Waals surface area contributed by atoms with Gasteiger partial charge in [0.2, 0.25) is 5.91 Å². The number of benzene rings is 2. The van der Waals surface area contributed by atoms with Gasteiger partial charge in [-0.2, -0.15) is 0 Å². The zero-order valence-electron chi connectivity index (χ0n) is 13.5. The summed E-state index contributed by atoms with van der Waals surface area (Å²) in [5.74, 6) is -0.466. The van der Waals surface area contributed by atoms with Crippen LogP contribution in [0.25, 0.3) is 0 Å². The Morgan fingerprint density at radius 1 is 1.12 bits per heavy atom. The first-order chi connectivity index (χ1) is 11.4. The SMILES string of the molecule is Cc1ccc(S(=O)(=O)CCC(=O)NCCc2cccc(Cl)c2)cc1. The molecule has 2 rings (SSSR count). The van der Waals surface area contributed by atoms with Crippen LogP contribution in [0.4, 0.5) is 0 Å². The minimum absolute atomic E-state index is 0.0498. The van der Waals surface area contributed by atoms with E-state index in [9.17, 15) is 13.2 Å². The molecule has 0 heterocycles. The first-order valence-corrected chi connectivity index (χ1v) is 9.70. The van der Waals surface area contributed by atoms with Crippen molar-refractivity contribution in [2.24, 2.45) is 0 Å².